The summed E-state index contributed by atoms with van der Waals surface area (Å²) in [6.07, 6.45) is 0.773. The summed E-state index contributed by atoms with van der Waals surface area (Å²) in [5.41, 5.74) is 1.69. The quantitative estimate of drug-likeness (QED) is 0.833. The number of aromatic nitrogens is 2. The van der Waals surface area contributed by atoms with Gasteiger partial charge in [-0.2, -0.15) is 5.10 Å². The zero-order valence-electron chi connectivity index (χ0n) is 12.6. The number of carbonyl (C=O) groups is 1. The van der Waals surface area contributed by atoms with E-state index in [9.17, 15) is 4.79 Å². The van der Waals surface area contributed by atoms with Crippen LogP contribution in [0.1, 0.15) is 39.1 Å². The van der Waals surface area contributed by atoms with Crippen molar-refractivity contribution in [2.45, 2.75) is 46.6 Å². The number of nitrogens with zero attached hydrogens (tertiary/aromatic N) is 2. The lowest BCUT2D eigenvalue weighted by Gasteiger charge is -2.28. The van der Waals surface area contributed by atoms with Gasteiger partial charge in [-0.25, -0.2) is 0 Å². The molecule has 1 heterocycles. The Labute approximate surface area is 123 Å². The van der Waals surface area contributed by atoms with Gasteiger partial charge in [-0.05, 0) is 27.8 Å². The van der Waals surface area contributed by atoms with Crippen molar-refractivity contribution < 1.29 is 9.53 Å². The van der Waals surface area contributed by atoms with Gasteiger partial charge in [0.25, 0.3) is 0 Å². The average Bonchev–Trinajstić information content (AvgIpc) is 2.55. The minimum atomic E-state index is -0.403. The van der Waals surface area contributed by atoms with Crippen LogP contribution in [0.2, 0.25) is 0 Å². The van der Waals surface area contributed by atoms with Gasteiger partial charge in [-0.1, -0.05) is 27.7 Å². The Morgan fingerprint density at radius 3 is 2.42 bits per heavy atom. The van der Waals surface area contributed by atoms with Crippen molar-refractivity contribution in [2.24, 2.45) is 12.5 Å². The predicted molar refractivity (Wildman–Crippen MR) is 79.2 cm³/mol. The Balaban J connectivity index is 2.97. The number of rotatable bonds is 5. The summed E-state index contributed by atoms with van der Waals surface area (Å²) < 4.78 is 8.08. The molecule has 0 aliphatic carbocycles. The molecule has 0 aromatic carbocycles. The van der Waals surface area contributed by atoms with Crippen molar-refractivity contribution in [3.63, 3.8) is 0 Å². The van der Waals surface area contributed by atoms with E-state index in [0.717, 1.165) is 22.3 Å². The molecule has 0 fully saturated rings. The molecule has 1 aromatic rings. The van der Waals surface area contributed by atoms with Gasteiger partial charge in [0.2, 0.25) is 0 Å². The lowest BCUT2D eigenvalue weighted by Crippen LogP contribution is -2.37. The van der Waals surface area contributed by atoms with E-state index in [1.54, 1.807) is 11.8 Å². The van der Waals surface area contributed by atoms with Crippen LogP contribution in [0.5, 0.6) is 0 Å². The van der Waals surface area contributed by atoms with E-state index in [4.69, 9.17) is 4.74 Å². The lowest BCUT2D eigenvalue weighted by molar-refractivity contribution is -0.134. The molecule has 108 valence electrons. The average molecular weight is 331 g/mol. The molecule has 4 nitrogen and oxygen atoms in total. The van der Waals surface area contributed by atoms with E-state index in [0.29, 0.717) is 6.42 Å². The maximum absolute atomic E-state index is 12.4. The Morgan fingerprint density at radius 2 is 2.05 bits per heavy atom. The standard InChI is InChI=1S/C14H23BrN2O2/c1-7-9-12(15)10(17(5)16-9)8-11(18)13(19-6)14(2,3)4/h13H,7-8H2,1-6H3. The number of hydrogen-bond donors (Lipinski definition) is 0. The largest absolute Gasteiger partial charge is 0.373 e. The Hall–Kier alpha value is -0.680. The molecule has 0 aliphatic rings. The second kappa shape index (κ2) is 6.18. The molecule has 0 saturated carbocycles. The zero-order chi connectivity index (χ0) is 14.8. The highest BCUT2D eigenvalue weighted by molar-refractivity contribution is 9.10. The molecule has 0 radical (unpaired) electrons. The summed E-state index contributed by atoms with van der Waals surface area (Å²) in [7, 11) is 3.45. The van der Waals surface area contributed by atoms with E-state index in [2.05, 4.69) is 21.0 Å². The molecular weight excluding hydrogens is 308 g/mol. The molecule has 5 heteroatoms. The number of methoxy groups -OCH3 is 1. The summed E-state index contributed by atoms with van der Waals surface area (Å²) in [4.78, 5) is 12.4. The van der Waals surface area contributed by atoms with Gasteiger partial charge in [-0.3, -0.25) is 9.48 Å². The first-order valence-electron chi connectivity index (χ1n) is 6.48. The third kappa shape index (κ3) is 3.66. The van der Waals surface area contributed by atoms with Crippen molar-refractivity contribution in [1.82, 2.24) is 9.78 Å². The molecule has 1 unspecified atom stereocenters. The number of hydrogen-bond acceptors (Lipinski definition) is 3. The van der Waals surface area contributed by atoms with Gasteiger partial charge in [0, 0.05) is 14.2 Å². The minimum absolute atomic E-state index is 0.0846. The topological polar surface area (TPSA) is 44.1 Å². The van der Waals surface area contributed by atoms with E-state index in [1.807, 2.05) is 34.7 Å². The molecule has 1 aromatic heterocycles. The molecule has 0 aliphatic heterocycles. The van der Waals surface area contributed by atoms with Crippen LogP contribution in [0.15, 0.2) is 4.47 Å². The molecular formula is C14H23BrN2O2. The van der Waals surface area contributed by atoms with Crippen LogP contribution in [0.3, 0.4) is 0 Å². The summed E-state index contributed by atoms with van der Waals surface area (Å²) in [6.45, 7) is 8.07. The molecule has 0 amide bonds. The smallest absolute Gasteiger partial charge is 0.168 e. The number of ether oxygens (including phenoxy) is 1. The maximum atomic E-state index is 12.4. The first kappa shape index (κ1) is 16.4. The van der Waals surface area contributed by atoms with Crippen LogP contribution in [0.4, 0.5) is 0 Å². The first-order chi connectivity index (χ1) is 8.72. The molecule has 19 heavy (non-hydrogen) atoms. The molecule has 0 saturated heterocycles. The minimum Gasteiger partial charge on any atom is -0.373 e. The van der Waals surface area contributed by atoms with E-state index < -0.39 is 6.10 Å². The fourth-order valence-corrected chi connectivity index (χ4v) is 2.99. The monoisotopic (exact) mass is 330 g/mol. The van der Waals surface area contributed by atoms with E-state index in [1.165, 1.54) is 0 Å². The van der Waals surface area contributed by atoms with Crippen molar-refractivity contribution in [2.75, 3.05) is 7.11 Å². The molecule has 0 bridgehead atoms. The number of aryl methyl sites for hydroxylation is 2. The summed E-state index contributed by atoms with van der Waals surface area (Å²) in [5.74, 6) is 0.0846. The van der Waals surface area contributed by atoms with E-state index in [-0.39, 0.29) is 11.2 Å². The molecule has 1 atom stereocenters. The number of Topliss-reactive ketones (excluding diaryl/α,β-unsaturated/α-hetero) is 1. The Morgan fingerprint density at radius 1 is 1.47 bits per heavy atom. The Bertz CT molecular complexity index is 461. The fourth-order valence-electron chi connectivity index (χ4n) is 2.24. The second-order valence-corrected chi connectivity index (χ2v) is 6.60. The first-order valence-corrected chi connectivity index (χ1v) is 7.27. The van der Waals surface area contributed by atoms with E-state index >= 15 is 0 Å². The van der Waals surface area contributed by atoms with Gasteiger partial charge in [0.05, 0.1) is 22.3 Å². The summed E-state index contributed by atoms with van der Waals surface area (Å²) >= 11 is 3.54. The summed E-state index contributed by atoms with van der Waals surface area (Å²) in [5, 5.41) is 4.41. The van der Waals surface area contributed by atoms with Crippen LogP contribution >= 0.6 is 15.9 Å². The van der Waals surface area contributed by atoms with Crippen LogP contribution in [0, 0.1) is 5.41 Å². The maximum Gasteiger partial charge on any atom is 0.168 e. The van der Waals surface area contributed by atoms with Gasteiger partial charge in [0.15, 0.2) is 5.78 Å². The normalized spacial score (nSPS) is 13.6. The van der Waals surface area contributed by atoms with Crippen molar-refractivity contribution in [3.8, 4) is 0 Å². The second-order valence-electron chi connectivity index (χ2n) is 5.81. The van der Waals surface area contributed by atoms with Gasteiger partial charge >= 0.3 is 0 Å². The summed E-state index contributed by atoms with van der Waals surface area (Å²) in [6, 6.07) is 0. The van der Waals surface area contributed by atoms with Gasteiger partial charge < -0.3 is 4.74 Å². The number of carbonyl (C=O) groups excluding carboxylic acids is 1. The third-order valence-corrected chi connectivity index (χ3v) is 4.07. The van der Waals surface area contributed by atoms with Crippen molar-refractivity contribution in [3.05, 3.63) is 15.9 Å². The molecule has 1 rings (SSSR count). The lowest BCUT2D eigenvalue weighted by atomic mass is 9.85. The highest BCUT2D eigenvalue weighted by Crippen LogP contribution is 2.26. The van der Waals surface area contributed by atoms with Gasteiger partial charge in [0.1, 0.15) is 6.10 Å². The van der Waals surface area contributed by atoms with Crippen LogP contribution in [-0.4, -0.2) is 28.8 Å². The SMILES string of the molecule is CCc1nn(C)c(CC(=O)C(OC)C(C)(C)C)c1Br. The fraction of sp³-hybridized carbons (Fsp3) is 0.714. The van der Waals surface area contributed by atoms with Crippen LogP contribution in [0.25, 0.3) is 0 Å². The highest BCUT2D eigenvalue weighted by Gasteiger charge is 2.32. The number of ketones is 1. The van der Waals surface area contributed by atoms with Gasteiger partial charge in [-0.15, -0.1) is 0 Å². The van der Waals surface area contributed by atoms with Crippen molar-refractivity contribution in [1.29, 1.82) is 0 Å². The third-order valence-electron chi connectivity index (χ3n) is 3.16. The van der Waals surface area contributed by atoms with Crippen LogP contribution in [-0.2, 0) is 29.4 Å². The molecule has 0 N–H and O–H groups in total. The highest BCUT2D eigenvalue weighted by atomic mass is 79.9. The predicted octanol–water partition coefficient (Wildman–Crippen LogP) is 2.92. The van der Waals surface area contributed by atoms with Crippen molar-refractivity contribution >= 4 is 21.7 Å². The number of halogens is 1. The Kier molecular flexibility index (Phi) is 5.33. The van der Waals surface area contributed by atoms with Crippen LogP contribution < -0.4 is 0 Å². The zero-order valence-corrected chi connectivity index (χ0v) is 14.2. The molecule has 0 spiro atoms.